The summed E-state index contributed by atoms with van der Waals surface area (Å²) < 4.78 is 0.783. The molecular weight excluding hydrogens is 292 g/mol. The number of para-hydroxylation sites is 1. The van der Waals surface area contributed by atoms with Gasteiger partial charge in [-0.15, -0.1) is 10.2 Å². The quantitative estimate of drug-likeness (QED) is 0.861. The predicted molar refractivity (Wildman–Crippen MR) is 83.6 cm³/mol. The van der Waals surface area contributed by atoms with E-state index in [2.05, 4.69) is 15.5 Å². The van der Waals surface area contributed by atoms with Gasteiger partial charge in [0.05, 0.1) is 5.25 Å². The fourth-order valence-electron chi connectivity index (χ4n) is 1.52. The van der Waals surface area contributed by atoms with E-state index in [4.69, 9.17) is 0 Å². The number of carbonyl (C=O) groups is 1. The molecule has 0 radical (unpaired) electrons. The van der Waals surface area contributed by atoms with Crippen LogP contribution in [-0.2, 0) is 4.79 Å². The topological polar surface area (TPSA) is 58.1 Å². The molecule has 0 saturated heterocycles. The molecule has 0 aliphatic rings. The molecule has 1 N–H and O–H groups in total. The Bertz CT molecular complexity index is 571. The third-order valence-electron chi connectivity index (χ3n) is 2.50. The zero-order chi connectivity index (χ0) is 14.5. The number of anilines is 2. The van der Waals surface area contributed by atoms with Gasteiger partial charge in [-0.1, -0.05) is 41.3 Å². The molecule has 2 aromatic rings. The first-order valence-electron chi connectivity index (χ1n) is 6.09. The number of nitrogens with zero attached hydrogens (tertiary/aromatic N) is 3. The first-order chi connectivity index (χ1) is 9.56. The van der Waals surface area contributed by atoms with Crippen LogP contribution in [0, 0.1) is 0 Å². The Labute approximate surface area is 126 Å². The van der Waals surface area contributed by atoms with Crippen LogP contribution in [-0.4, -0.2) is 40.3 Å². The number of thioether (sulfide) groups is 1. The van der Waals surface area contributed by atoms with Crippen molar-refractivity contribution in [1.82, 2.24) is 15.1 Å². The lowest BCUT2D eigenvalue weighted by molar-refractivity contribution is -0.127. The molecule has 0 fully saturated rings. The minimum atomic E-state index is -0.164. The molecule has 7 heteroatoms. The molecule has 2 rings (SSSR count). The third kappa shape index (κ3) is 3.94. The summed E-state index contributed by atoms with van der Waals surface area (Å²) in [5.74, 6) is 0.0720. The Morgan fingerprint density at radius 3 is 2.65 bits per heavy atom. The molecule has 20 heavy (non-hydrogen) atoms. The van der Waals surface area contributed by atoms with Gasteiger partial charge in [0.2, 0.25) is 11.0 Å². The van der Waals surface area contributed by atoms with E-state index < -0.39 is 0 Å². The van der Waals surface area contributed by atoms with Crippen molar-refractivity contribution in [3.63, 3.8) is 0 Å². The smallest absolute Gasteiger partial charge is 0.235 e. The van der Waals surface area contributed by atoms with Crippen molar-refractivity contribution in [3.05, 3.63) is 30.3 Å². The maximum Gasteiger partial charge on any atom is 0.235 e. The number of nitrogens with one attached hydrogen (secondary N) is 1. The van der Waals surface area contributed by atoms with Crippen molar-refractivity contribution in [2.75, 3.05) is 19.4 Å². The van der Waals surface area contributed by atoms with Crippen LogP contribution in [0.1, 0.15) is 6.92 Å². The van der Waals surface area contributed by atoms with Gasteiger partial charge >= 0.3 is 0 Å². The first-order valence-corrected chi connectivity index (χ1v) is 7.79. The minimum absolute atomic E-state index is 0.0720. The largest absolute Gasteiger partial charge is 0.348 e. The van der Waals surface area contributed by atoms with Gasteiger partial charge in [-0.25, -0.2) is 0 Å². The van der Waals surface area contributed by atoms with Crippen LogP contribution in [0.2, 0.25) is 0 Å². The molecule has 106 valence electrons. The third-order valence-corrected chi connectivity index (χ3v) is 4.51. The lowest BCUT2D eigenvalue weighted by atomic mass is 10.3. The van der Waals surface area contributed by atoms with Crippen LogP contribution in [0.4, 0.5) is 10.8 Å². The van der Waals surface area contributed by atoms with E-state index in [1.165, 1.54) is 23.1 Å². The van der Waals surface area contributed by atoms with Crippen molar-refractivity contribution in [2.24, 2.45) is 0 Å². The van der Waals surface area contributed by atoms with Gasteiger partial charge in [0.1, 0.15) is 0 Å². The summed E-state index contributed by atoms with van der Waals surface area (Å²) in [5.41, 5.74) is 0.970. The lowest BCUT2D eigenvalue weighted by Crippen LogP contribution is -2.29. The Morgan fingerprint density at radius 2 is 2.00 bits per heavy atom. The summed E-state index contributed by atoms with van der Waals surface area (Å²) in [5, 5.41) is 11.9. The lowest BCUT2D eigenvalue weighted by Gasteiger charge is -2.14. The first kappa shape index (κ1) is 14.8. The molecule has 1 amide bonds. The molecule has 0 aliphatic carbocycles. The summed E-state index contributed by atoms with van der Waals surface area (Å²) in [4.78, 5) is 13.4. The monoisotopic (exact) mass is 308 g/mol. The summed E-state index contributed by atoms with van der Waals surface area (Å²) in [7, 11) is 3.50. The van der Waals surface area contributed by atoms with Gasteiger partial charge in [0, 0.05) is 19.8 Å². The average molecular weight is 308 g/mol. The molecule has 1 aromatic heterocycles. The van der Waals surface area contributed by atoms with Gasteiger partial charge in [-0.2, -0.15) is 0 Å². The van der Waals surface area contributed by atoms with Gasteiger partial charge in [-0.05, 0) is 19.1 Å². The van der Waals surface area contributed by atoms with Crippen molar-refractivity contribution in [3.8, 4) is 0 Å². The number of carbonyl (C=O) groups excluding carboxylic acids is 1. The van der Waals surface area contributed by atoms with Crippen LogP contribution in [0.25, 0.3) is 0 Å². The van der Waals surface area contributed by atoms with Gasteiger partial charge in [0.15, 0.2) is 4.34 Å². The Hall–Kier alpha value is -1.60. The van der Waals surface area contributed by atoms with Crippen LogP contribution >= 0.6 is 23.1 Å². The Kier molecular flexibility index (Phi) is 4.97. The van der Waals surface area contributed by atoms with Crippen molar-refractivity contribution < 1.29 is 4.79 Å². The molecular formula is C13H16N4OS2. The zero-order valence-corrected chi connectivity index (χ0v) is 13.2. The molecule has 0 saturated carbocycles. The van der Waals surface area contributed by atoms with E-state index in [-0.39, 0.29) is 11.2 Å². The maximum atomic E-state index is 11.8. The highest BCUT2D eigenvalue weighted by Crippen LogP contribution is 2.30. The highest BCUT2D eigenvalue weighted by Gasteiger charge is 2.18. The number of benzene rings is 1. The van der Waals surface area contributed by atoms with Crippen molar-refractivity contribution in [2.45, 2.75) is 16.5 Å². The van der Waals surface area contributed by atoms with Crippen molar-refractivity contribution in [1.29, 1.82) is 0 Å². The van der Waals surface area contributed by atoms with Crippen LogP contribution in [0.5, 0.6) is 0 Å². The maximum absolute atomic E-state index is 11.8. The van der Waals surface area contributed by atoms with Gasteiger partial charge in [-0.3, -0.25) is 4.79 Å². The minimum Gasteiger partial charge on any atom is -0.348 e. The molecule has 1 aromatic carbocycles. The number of amides is 1. The zero-order valence-electron chi connectivity index (χ0n) is 11.5. The SMILES string of the molecule is CC(Sc1nnc(Nc2ccccc2)s1)C(=O)N(C)C. The van der Waals surface area contributed by atoms with E-state index in [0.717, 1.165) is 15.2 Å². The van der Waals surface area contributed by atoms with Crippen LogP contribution in [0.15, 0.2) is 34.7 Å². The molecule has 0 aliphatic heterocycles. The fourth-order valence-corrected chi connectivity index (χ4v) is 3.58. The molecule has 1 heterocycles. The van der Waals surface area contributed by atoms with E-state index >= 15 is 0 Å². The molecule has 0 bridgehead atoms. The van der Waals surface area contributed by atoms with Crippen molar-refractivity contribution >= 4 is 39.8 Å². The van der Waals surface area contributed by atoms with Gasteiger partial charge < -0.3 is 10.2 Å². The second kappa shape index (κ2) is 6.71. The van der Waals surface area contributed by atoms with Crippen LogP contribution < -0.4 is 5.32 Å². The second-order valence-corrected chi connectivity index (χ2v) is 6.92. The summed E-state index contributed by atoms with van der Waals surface area (Å²) in [6.45, 7) is 1.87. The summed E-state index contributed by atoms with van der Waals surface area (Å²) >= 11 is 2.87. The van der Waals surface area contributed by atoms with Gasteiger partial charge in [0.25, 0.3) is 0 Å². The highest BCUT2D eigenvalue weighted by molar-refractivity contribution is 8.02. The number of aromatic nitrogens is 2. The van der Waals surface area contributed by atoms with E-state index in [1.54, 1.807) is 19.0 Å². The second-order valence-electron chi connectivity index (χ2n) is 4.36. The number of hydrogen-bond donors (Lipinski definition) is 1. The fraction of sp³-hybridized carbons (Fsp3) is 0.308. The molecule has 0 spiro atoms. The summed E-state index contributed by atoms with van der Waals surface area (Å²) in [6, 6.07) is 9.80. The number of hydrogen-bond acceptors (Lipinski definition) is 6. The normalized spacial score (nSPS) is 11.9. The Balaban J connectivity index is 1.97. The average Bonchev–Trinajstić information content (AvgIpc) is 2.86. The molecule has 1 atom stereocenters. The van der Waals surface area contributed by atoms with Crippen LogP contribution in [0.3, 0.4) is 0 Å². The molecule has 1 unspecified atom stereocenters. The van der Waals surface area contributed by atoms with E-state index in [0.29, 0.717) is 0 Å². The highest BCUT2D eigenvalue weighted by atomic mass is 32.2. The molecule has 5 nitrogen and oxygen atoms in total. The number of rotatable bonds is 5. The predicted octanol–water partition coefficient (Wildman–Crippen LogP) is 2.85. The van der Waals surface area contributed by atoms with E-state index in [9.17, 15) is 4.79 Å². The Morgan fingerprint density at radius 1 is 1.30 bits per heavy atom. The van der Waals surface area contributed by atoms with E-state index in [1.807, 2.05) is 37.3 Å². The summed E-state index contributed by atoms with van der Waals surface area (Å²) in [6.07, 6.45) is 0. The standard InChI is InChI=1S/C13H16N4OS2/c1-9(11(18)17(2)3)19-13-16-15-12(20-13)14-10-7-5-4-6-8-10/h4-9H,1-3H3,(H,14,15).